The zero-order valence-corrected chi connectivity index (χ0v) is 20.5. The van der Waals surface area contributed by atoms with Crippen LogP contribution in [0.5, 0.6) is 0 Å². The van der Waals surface area contributed by atoms with E-state index in [1.54, 1.807) is 19.9 Å². The van der Waals surface area contributed by atoms with E-state index in [1.807, 2.05) is 51.3 Å². The van der Waals surface area contributed by atoms with Crippen molar-refractivity contribution in [1.82, 2.24) is 4.98 Å². The number of ketones is 1. The number of allylic oxidation sites excluding steroid dienone is 10. The normalized spacial score (nSPS) is 13.7. The van der Waals surface area contributed by atoms with Crippen LogP contribution >= 0.6 is 0 Å². The lowest BCUT2D eigenvalue weighted by atomic mass is 9.79. The van der Waals surface area contributed by atoms with Crippen LogP contribution in [0, 0.1) is 0 Å². The zero-order valence-electron chi connectivity index (χ0n) is 20.5. The van der Waals surface area contributed by atoms with Crippen LogP contribution in [0.2, 0.25) is 0 Å². The first-order chi connectivity index (χ1) is 15.0. The van der Waals surface area contributed by atoms with E-state index in [0.29, 0.717) is 5.57 Å². The molecular formula is C29H37NO2. The molecule has 0 saturated carbocycles. The van der Waals surface area contributed by atoms with Gasteiger partial charge in [-0.05, 0) is 67.0 Å². The van der Waals surface area contributed by atoms with Gasteiger partial charge in [0.05, 0.1) is 11.3 Å². The van der Waals surface area contributed by atoms with Crippen LogP contribution < -0.4 is 0 Å². The highest BCUT2D eigenvalue weighted by molar-refractivity contribution is 5.99. The molecule has 3 heteroatoms. The van der Waals surface area contributed by atoms with Crippen LogP contribution in [0.15, 0.2) is 96.5 Å². The Labute approximate surface area is 194 Å². The second kappa shape index (κ2) is 12.0. The largest absolute Gasteiger partial charge is 0.507 e. The number of pyridine rings is 1. The minimum atomic E-state index is -0.446. The summed E-state index contributed by atoms with van der Waals surface area (Å²) in [5.41, 5.74) is 5.24. The molecule has 0 saturated heterocycles. The number of aliphatic hydroxyl groups excluding tert-OH is 1. The highest BCUT2D eigenvalue weighted by atomic mass is 16.3. The van der Waals surface area contributed by atoms with Crippen molar-refractivity contribution in [2.24, 2.45) is 0 Å². The fourth-order valence-electron chi connectivity index (χ4n) is 3.09. The maximum atomic E-state index is 13.0. The minimum Gasteiger partial charge on any atom is -0.507 e. The van der Waals surface area contributed by atoms with Gasteiger partial charge in [0.25, 0.3) is 0 Å². The highest BCUT2D eigenvalue weighted by Gasteiger charge is 2.27. The molecule has 170 valence electrons. The van der Waals surface area contributed by atoms with Crippen LogP contribution in [0.25, 0.3) is 5.57 Å². The molecule has 0 aliphatic carbocycles. The Bertz CT molecular complexity index is 996. The zero-order chi connectivity index (χ0) is 24.5. The van der Waals surface area contributed by atoms with Gasteiger partial charge in [0, 0.05) is 12.6 Å². The van der Waals surface area contributed by atoms with E-state index in [1.165, 1.54) is 11.6 Å². The summed E-state index contributed by atoms with van der Waals surface area (Å²) in [6, 6.07) is 3.99. The molecule has 0 bridgehead atoms. The molecule has 0 amide bonds. The van der Waals surface area contributed by atoms with Gasteiger partial charge in [-0.1, -0.05) is 76.5 Å². The molecule has 1 rings (SSSR count). The topological polar surface area (TPSA) is 50.2 Å². The molecule has 1 aromatic rings. The summed E-state index contributed by atoms with van der Waals surface area (Å²) in [6.07, 6.45) is 12.1. The van der Waals surface area contributed by atoms with Gasteiger partial charge in [0.1, 0.15) is 5.76 Å². The Morgan fingerprint density at radius 3 is 2.31 bits per heavy atom. The minimum absolute atomic E-state index is 0.0884. The molecule has 0 unspecified atom stereocenters. The van der Waals surface area contributed by atoms with Gasteiger partial charge in [0.15, 0.2) is 5.78 Å². The number of aromatic nitrogens is 1. The number of nitrogens with zero attached hydrogens (tertiary/aromatic N) is 1. The fourth-order valence-corrected chi connectivity index (χ4v) is 3.09. The van der Waals surface area contributed by atoms with Crippen molar-refractivity contribution in [1.29, 1.82) is 0 Å². The van der Waals surface area contributed by atoms with E-state index in [2.05, 4.69) is 37.7 Å². The van der Waals surface area contributed by atoms with Crippen molar-refractivity contribution in [3.05, 3.63) is 108 Å². The average Bonchev–Trinajstić information content (AvgIpc) is 2.74. The van der Waals surface area contributed by atoms with Crippen LogP contribution in [0.3, 0.4) is 0 Å². The third-order valence-electron chi connectivity index (χ3n) is 5.49. The Morgan fingerprint density at radius 1 is 1.19 bits per heavy atom. The van der Waals surface area contributed by atoms with E-state index in [4.69, 9.17) is 0 Å². The molecule has 0 aromatic carbocycles. The molecule has 0 aliphatic rings. The maximum Gasteiger partial charge on any atom is 0.167 e. The SMILES string of the molecule is C=C/C(=C\C=C(/C)c1ccc(C(C)(C)CC(=O)C(=C/C)/C(O)=C\C(=C)C(=C)C)cn1)CC. The van der Waals surface area contributed by atoms with E-state index in [0.717, 1.165) is 28.8 Å². The maximum absolute atomic E-state index is 13.0. The number of hydrogen-bond acceptors (Lipinski definition) is 3. The van der Waals surface area contributed by atoms with E-state index >= 15 is 0 Å². The summed E-state index contributed by atoms with van der Waals surface area (Å²) in [4.78, 5) is 17.6. The number of carbonyl (C=O) groups is 1. The predicted octanol–water partition coefficient (Wildman–Crippen LogP) is 7.76. The van der Waals surface area contributed by atoms with E-state index < -0.39 is 5.41 Å². The van der Waals surface area contributed by atoms with Gasteiger partial charge in [0.2, 0.25) is 0 Å². The molecule has 0 atom stereocenters. The van der Waals surface area contributed by atoms with Gasteiger partial charge < -0.3 is 5.11 Å². The van der Waals surface area contributed by atoms with Gasteiger partial charge in [-0.3, -0.25) is 9.78 Å². The quantitative estimate of drug-likeness (QED) is 0.221. The molecule has 0 radical (unpaired) electrons. The lowest BCUT2D eigenvalue weighted by Gasteiger charge is -2.25. The smallest absolute Gasteiger partial charge is 0.167 e. The number of hydrogen-bond donors (Lipinski definition) is 1. The number of Topliss-reactive ketones (excluding diaryl/α,β-unsaturated/α-hetero) is 1. The van der Waals surface area contributed by atoms with Crippen LogP contribution in [0.1, 0.15) is 65.6 Å². The first-order valence-electron chi connectivity index (χ1n) is 10.9. The number of carbonyl (C=O) groups excluding carboxylic acids is 1. The second-order valence-corrected chi connectivity index (χ2v) is 8.60. The molecule has 1 aromatic heterocycles. The summed E-state index contributed by atoms with van der Waals surface area (Å²) in [7, 11) is 0. The lowest BCUT2D eigenvalue weighted by Crippen LogP contribution is -2.23. The van der Waals surface area contributed by atoms with Crippen molar-refractivity contribution in [3.63, 3.8) is 0 Å². The van der Waals surface area contributed by atoms with Crippen molar-refractivity contribution in [2.75, 3.05) is 0 Å². The van der Waals surface area contributed by atoms with E-state index in [9.17, 15) is 9.90 Å². The Kier molecular flexibility index (Phi) is 10.1. The Balaban J connectivity index is 3.06. The molecule has 1 N–H and O–H groups in total. The summed E-state index contributed by atoms with van der Waals surface area (Å²) in [5, 5.41) is 10.4. The van der Waals surface area contributed by atoms with Crippen LogP contribution in [-0.4, -0.2) is 15.9 Å². The highest BCUT2D eigenvalue weighted by Crippen LogP contribution is 2.30. The van der Waals surface area contributed by atoms with Crippen molar-refractivity contribution < 1.29 is 9.90 Å². The first kappa shape index (κ1) is 26.8. The third kappa shape index (κ3) is 7.49. The third-order valence-corrected chi connectivity index (χ3v) is 5.49. The summed E-state index contributed by atoms with van der Waals surface area (Å²) < 4.78 is 0. The average molecular weight is 432 g/mol. The summed E-state index contributed by atoms with van der Waals surface area (Å²) >= 11 is 0. The van der Waals surface area contributed by atoms with Crippen molar-refractivity contribution >= 4 is 11.4 Å². The standard InChI is InChI=1S/C29H37NO2/c1-10-23(11-2)14-13-21(6)26-16-15-24(19-30-26)29(8,9)18-28(32)25(12-3)27(31)17-22(7)20(4)5/h10,12-17,19,31H,1,4,7,11,18H2,2-3,5-6,8-9H3/b21-13+,23-14+,25-12+,27-17+. The molecule has 0 spiro atoms. The molecule has 1 heterocycles. The molecule has 32 heavy (non-hydrogen) atoms. The molecule has 3 nitrogen and oxygen atoms in total. The summed E-state index contributed by atoms with van der Waals surface area (Å²) in [5.74, 6) is -0.225. The second-order valence-electron chi connectivity index (χ2n) is 8.60. The van der Waals surface area contributed by atoms with E-state index in [-0.39, 0.29) is 23.5 Å². The predicted molar refractivity (Wildman–Crippen MR) is 138 cm³/mol. The number of rotatable bonds is 11. The van der Waals surface area contributed by atoms with Gasteiger partial charge in [-0.2, -0.15) is 0 Å². The van der Waals surface area contributed by atoms with Crippen molar-refractivity contribution in [3.8, 4) is 0 Å². The lowest BCUT2D eigenvalue weighted by molar-refractivity contribution is -0.116. The Morgan fingerprint density at radius 2 is 1.84 bits per heavy atom. The molecular weight excluding hydrogens is 394 g/mol. The van der Waals surface area contributed by atoms with Gasteiger partial charge in [-0.25, -0.2) is 0 Å². The van der Waals surface area contributed by atoms with Crippen LogP contribution in [0.4, 0.5) is 0 Å². The summed E-state index contributed by atoms with van der Waals surface area (Å²) in [6.45, 7) is 23.2. The number of aliphatic hydroxyl groups is 1. The molecule has 0 aliphatic heterocycles. The van der Waals surface area contributed by atoms with Crippen molar-refractivity contribution in [2.45, 2.75) is 59.8 Å². The van der Waals surface area contributed by atoms with Gasteiger partial charge in [-0.15, -0.1) is 0 Å². The Hall–Kier alpha value is -3.20. The molecule has 0 fully saturated rings. The monoisotopic (exact) mass is 431 g/mol. The van der Waals surface area contributed by atoms with Gasteiger partial charge >= 0.3 is 0 Å². The van der Waals surface area contributed by atoms with Crippen LogP contribution in [-0.2, 0) is 10.2 Å². The fraction of sp³-hybridized carbons (Fsp3) is 0.310. The first-order valence-corrected chi connectivity index (χ1v) is 10.9.